The van der Waals surface area contributed by atoms with Crippen molar-refractivity contribution in [2.24, 2.45) is 0 Å². The second-order valence-corrected chi connectivity index (χ2v) is 6.06. The molecule has 0 saturated heterocycles. The molecule has 2 aromatic carbocycles. The van der Waals surface area contributed by atoms with Gasteiger partial charge in [-0.1, -0.05) is 30.3 Å². The molecule has 0 aliphatic rings. The highest BCUT2D eigenvalue weighted by atomic mass is 16.1. The second-order valence-electron chi connectivity index (χ2n) is 6.06. The summed E-state index contributed by atoms with van der Waals surface area (Å²) < 4.78 is 0. The molecule has 0 unspecified atom stereocenters. The summed E-state index contributed by atoms with van der Waals surface area (Å²) in [6.07, 6.45) is 0. The van der Waals surface area contributed by atoms with Crippen LogP contribution in [0.25, 0.3) is 0 Å². The standard InChI is InChI=1S/C21H22N4O/c1-4-25(18-11-6-5-7-12-18)20-14-19(22-16(3)23-20)21(26)24-17-10-8-9-15(2)13-17/h5-14H,4H2,1-3H3,(H,24,26). The zero-order valence-corrected chi connectivity index (χ0v) is 15.2. The molecule has 5 nitrogen and oxygen atoms in total. The first kappa shape index (κ1) is 17.6. The van der Waals surface area contributed by atoms with Gasteiger partial charge in [0.15, 0.2) is 0 Å². The number of nitrogens with zero attached hydrogens (tertiary/aromatic N) is 3. The van der Waals surface area contributed by atoms with E-state index in [1.165, 1.54) is 0 Å². The van der Waals surface area contributed by atoms with Crippen molar-refractivity contribution in [1.29, 1.82) is 0 Å². The van der Waals surface area contributed by atoms with Gasteiger partial charge in [0.25, 0.3) is 5.91 Å². The van der Waals surface area contributed by atoms with E-state index in [0.717, 1.165) is 23.5 Å². The Morgan fingerprint density at radius 1 is 1.00 bits per heavy atom. The number of amides is 1. The van der Waals surface area contributed by atoms with Gasteiger partial charge in [0.2, 0.25) is 0 Å². The van der Waals surface area contributed by atoms with Crippen molar-refractivity contribution in [2.45, 2.75) is 20.8 Å². The van der Waals surface area contributed by atoms with E-state index in [-0.39, 0.29) is 5.91 Å². The first-order chi connectivity index (χ1) is 12.6. The zero-order valence-electron chi connectivity index (χ0n) is 15.2. The van der Waals surface area contributed by atoms with E-state index < -0.39 is 0 Å². The summed E-state index contributed by atoms with van der Waals surface area (Å²) in [5.74, 6) is 1.03. The van der Waals surface area contributed by atoms with Gasteiger partial charge in [0.1, 0.15) is 17.3 Å². The van der Waals surface area contributed by atoms with E-state index in [0.29, 0.717) is 17.3 Å². The van der Waals surface area contributed by atoms with Gasteiger partial charge in [-0.25, -0.2) is 9.97 Å². The van der Waals surface area contributed by atoms with E-state index >= 15 is 0 Å². The number of hydrogen-bond donors (Lipinski definition) is 1. The maximum absolute atomic E-state index is 12.7. The monoisotopic (exact) mass is 346 g/mol. The van der Waals surface area contributed by atoms with Gasteiger partial charge in [0.05, 0.1) is 0 Å². The van der Waals surface area contributed by atoms with Crippen LogP contribution in [0.3, 0.4) is 0 Å². The predicted molar refractivity (Wildman–Crippen MR) is 105 cm³/mol. The van der Waals surface area contributed by atoms with Crippen molar-refractivity contribution >= 4 is 23.1 Å². The maximum atomic E-state index is 12.7. The SMILES string of the molecule is CCN(c1ccccc1)c1cc(C(=O)Nc2cccc(C)c2)nc(C)n1. The largest absolute Gasteiger partial charge is 0.327 e. The number of carbonyl (C=O) groups excluding carboxylic acids is 1. The maximum Gasteiger partial charge on any atom is 0.274 e. The molecule has 0 saturated carbocycles. The minimum Gasteiger partial charge on any atom is -0.327 e. The van der Waals surface area contributed by atoms with E-state index in [1.54, 1.807) is 13.0 Å². The van der Waals surface area contributed by atoms with Crippen LogP contribution in [-0.4, -0.2) is 22.4 Å². The number of nitrogens with one attached hydrogen (secondary N) is 1. The van der Waals surface area contributed by atoms with Crippen molar-refractivity contribution in [3.63, 3.8) is 0 Å². The molecule has 132 valence electrons. The number of carbonyl (C=O) groups is 1. The number of benzene rings is 2. The molecule has 0 aliphatic carbocycles. The molecule has 26 heavy (non-hydrogen) atoms. The van der Waals surface area contributed by atoms with Crippen LogP contribution in [0.4, 0.5) is 17.2 Å². The Balaban J connectivity index is 1.90. The zero-order chi connectivity index (χ0) is 18.5. The quantitative estimate of drug-likeness (QED) is 0.739. The van der Waals surface area contributed by atoms with Crippen molar-refractivity contribution in [2.75, 3.05) is 16.8 Å². The summed E-state index contributed by atoms with van der Waals surface area (Å²) >= 11 is 0. The molecular weight excluding hydrogens is 324 g/mol. The second kappa shape index (κ2) is 7.78. The van der Waals surface area contributed by atoms with Crippen LogP contribution in [0.5, 0.6) is 0 Å². The average molecular weight is 346 g/mol. The molecular formula is C21H22N4O. The Hall–Kier alpha value is -3.21. The van der Waals surface area contributed by atoms with Crippen LogP contribution in [0.2, 0.25) is 0 Å². The van der Waals surface area contributed by atoms with Crippen LogP contribution in [0.1, 0.15) is 28.8 Å². The summed E-state index contributed by atoms with van der Waals surface area (Å²) in [5.41, 5.74) is 3.22. The average Bonchev–Trinajstić information content (AvgIpc) is 2.63. The third-order valence-corrected chi connectivity index (χ3v) is 3.99. The topological polar surface area (TPSA) is 58.1 Å². The Kier molecular flexibility index (Phi) is 5.27. The van der Waals surface area contributed by atoms with Gasteiger partial charge >= 0.3 is 0 Å². The summed E-state index contributed by atoms with van der Waals surface area (Å²) in [6.45, 7) is 6.57. The Labute approximate surface area is 153 Å². The molecule has 0 bridgehead atoms. The number of aromatic nitrogens is 2. The summed E-state index contributed by atoms with van der Waals surface area (Å²) in [5, 5.41) is 2.90. The molecule has 0 aliphatic heterocycles. The Morgan fingerprint density at radius 2 is 1.77 bits per heavy atom. The molecule has 0 radical (unpaired) electrons. The van der Waals surface area contributed by atoms with Gasteiger partial charge in [-0.3, -0.25) is 4.79 Å². The minimum absolute atomic E-state index is 0.244. The van der Waals surface area contributed by atoms with Crippen LogP contribution in [0, 0.1) is 13.8 Å². The third kappa shape index (κ3) is 4.06. The predicted octanol–water partition coefficient (Wildman–Crippen LogP) is 4.50. The number of para-hydroxylation sites is 1. The number of aryl methyl sites for hydroxylation is 2. The van der Waals surface area contributed by atoms with Gasteiger partial charge < -0.3 is 10.2 Å². The molecule has 0 spiro atoms. The fourth-order valence-electron chi connectivity index (χ4n) is 2.81. The molecule has 3 aromatic rings. The van der Waals surface area contributed by atoms with Gasteiger partial charge in [-0.05, 0) is 50.6 Å². The minimum atomic E-state index is -0.244. The summed E-state index contributed by atoms with van der Waals surface area (Å²) in [6, 6.07) is 19.4. The lowest BCUT2D eigenvalue weighted by molar-refractivity contribution is 0.102. The van der Waals surface area contributed by atoms with E-state index in [2.05, 4.69) is 27.1 Å². The van der Waals surface area contributed by atoms with Crippen molar-refractivity contribution in [3.05, 3.63) is 77.7 Å². The normalized spacial score (nSPS) is 10.4. The number of anilines is 3. The number of rotatable bonds is 5. The smallest absolute Gasteiger partial charge is 0.274 e. The lowest BCUT2D eigenvalue weighted by Gasteiger charge is -2.22. The third-order valence-electron chi connectivity index (χ3n) is 3.99. The first-order valence-corrected chi connectivity index (χ1v) is 8.63. The van der Waals surface area contributed by atoms with E-state index in [1.807, 2.05) is 61.5 Å². The van der Waals surface area contributed by atoms with Crippen LogP contribution in [-0.2, 0) is 0 Å². The molecule has 1 amide bonds. The van der Waals surface area contributed by atoms with E-state index in [4.69, 9.17) is 0 Å². The fraction of sp³-hybridized carbons (Fsp3) is 0.190. The fourth-order valence-corrected chi connectivity index (χ4v) is 2.81. The molecule has 1 heterocycles. The van der Waals surface area contributed by atoms with Crippen LogP contribution >= 0.6 is 0 Å². The lowest BCUT2D eigenvalue weighted by Crippen LogP contribution is -2.21. The molecule has 3 rings (SSSR count). The first-order valence-electron chi connectivity index (χ1n) is 8.63. The molecule has 0 atom stereocenters. The Bertz CT molecular complexity index is 909. The van der Waals surface area contributed by atoms with Crippen molar-refractivity contribution in [1.82, 2.24) is 9.97 Å². The van der Waals surface area contributed by atoms with Gasteiger partial charge in [0, 0.05) is 24.0 Å². The van der Waals surface area contributed by atoms with Crippen LogP contribution in [0.15, 0.2) is 60.7 Å². The highest BCUT2D eigenvalue weighted by Gasteiger charge is 2.15. The van der Waals surface area contributed by atoms with Gasteiger partial charge in [-0.2, -0.15) is 0 Å². The summed E-state index contributed by atoms with van der Waals surface area (Å²) in [7, 11) is 0. The van der Waals surface area contributed by atoms with Crippen molar-refractivity contribution < 1.29 is 4.79 Å². The molecule has 5 heteroatoms. The molecule has 1 aromatic heterocycles. The number of hydrogen-bond acceptors (Lipinski definition) is 4. The van der Waals surface area contributed by atoms with Crippen molar-refractivity contribution in [3.8, 4) is 0 Å². The Morgan fingerprint density at radius 3 is 2.46 bits per heavy atom. The summed E-state index contributed by atoms with van der Waals surface area (Å²) in [4.78, 5) is 23.5. The van der Waals surface area contributed by atoms with Crippen LogP contribution < -0.4 is 10.2 Å². The molecule has 0 fully saturated rings. The highest BCUT2D eigenvalue weighted by Crippen LogP contribution is 2.24. The van der Waals surface area contributed by atoms with E-state index in [9.17, 15) is 4.79 Å². The van der Waals surface area contributed by atoms with Gasteiger partial charge in [-0.15, -0.1) is 0 Å². The highest BCUT2D eigenvalue weighted by molar-refractivity contribution is 6.03. The molecule has 1 N–H and O–H groups in total. The lowest BCUT2D eigenvalue weighted by atomic mass is 10.2.